The van der Waals surface area contributed by atoms with Gasteiger partial charge < -0.3 is 75.3 Å². The lowest BCUT2D eigenvalue weighted by Crippen LogP contribution is -2.62. The molecule has 2 fully saturated rings. The Morgan fingerprint density at radius 3 is 2.06 bits per heavy atom. The predicted molar refractivity (Wildman–Crippen MR) is 265 cm³/mol. The van der Waals surface area contributed by atoms with E-state index in [1.54, 1.807) is 42.5 Å². The highest BCUT2D eigenvalue weighted by atomic mass is 33.1. The molecule has 2 aromatic rings. The van der Waals surface area contributed by atoms with Gasteiger partial charge in [0.1, 0.15) is 48.0 Å². The third-order valence-electron chi connectivity index (χ3n) is 11.2. The van der Waals surface area contributed by atoms with Crippen molar-refractivity contribution in [2.45, 2.75) is 107 Å². The number of primary amides is 2. The maximum atomic E-state index is 14.5. The summed E-state index contributed by atoms with van der Waals surface area (Å²) in [5.74, 6) is -8.92. The molecule has 0 radical (unpaired) electrons. The number of guanidine groups is 1. The van der Waals surface area contributed by atoms with Gasteiger partial charge >= 0.3 is 0 Å². The van der Waals surface area contributed by atoms with Crippen LogP contribution in [0.5, 0.6) is 5.75 Å². The van der Waals surface area contributed by atoms with Gasteiger partial charge in [0.2, 0.25) is 59.1 Å². The van der Waals surface area contributed by atoms with E-state index in [0.29, 0.717) is 17.5 Å². The van der Waals surface area contributed by atoms with Crippen molar-refractivity contribution in [2.75, 3.05) is 31.1 Å². The summed E-state index contributed by atoms with van der Waals surface area (Å²) in [5.41, 5.74) is 22.7. The monoisotopic (exact) mass is 1040 g/mol. The fraction of sp³-hybridized carbons (Fsp3) is 0.489. The lowest BCUT2D eigenvalue weighted by atomic mass is 10.0. The minimum Gasteiger partial charge on any atom is -0.508 e. The van der Waals surface area contributed by atoms with Crippen LogP contribution in [0.15, 0.2) is 59.6 Å². The number of phenolic OH excluding ortho intramolecular Hbond substituents is 1. The highest BCUT2D eigenvalue weighted by Gasteiger charge is 2.41. The number of benzene rings is 2. The van der Waals surface area contributed by atoms with Gasteiger partial charge in [-0.05, 0) is 55.9 Å². The number of amides is 10. The lowest BCUT2D eigenvalue weighted by Gasteiger charge is -2.31. The molecule has 2 saturated heterocycles. The molecule has 0 aromatic heterocycles. The number of carbonyl (C=O) groups excluding carboxylic acids is 10. The summed E-state index contributed by atoms with van der Waals surface area (Å²) in [6.45, 7) is 0.793. The van der Waals surface area contributed by atoms with Gasteiger partial charge in [-0.3, -0.25) is 52.9 Å². The molecule has 2 heterocycles. The van der Waals surface area contributed by atoms with E-state index in [1.165, 1.54) is 24.0 Å². The zero-order valence-electron chi connectivity index (χ0n) is 39.5. The quantitative estimate of drug-likeness (QED) is 0.0309. The molecule has 25 nitrogen and oxygen atoms in total. The SMILES string of the molecule is C[C@@H](O)[C@@H]1NC(=O)[C@H](Cc2ccccc2)NC(=O)[C@H](Cc2ccc(O)cc2)NC(=O)CCSSC[C@@H](C(=O)N2CCC[C@H]2C(=O)N[C@H](CCCN=C(N)N)C(=O)NCC(N)=O)NC(=O)[C@H](CC(N)=O)NC1=O. The Morgan fingerprint density at radius 2 is 1.42 bits per heavy atom. The number of aliphatic hydroxyl groups excluding tert-OH is 1. The summed E-state index contributed by atoms with van der Waals surface area (Å²) >= 11 is 0. The molecule has 8 atom stereocenters. The number of nitrogens with one attached hydrogen (secondary N) is 7. The van der Waals surface area contributed by atoms with Crippen LogP contribution in [-0.4, -0.2) is 160 Å². The Hall–Kier alpha value is -7.13. The Balaban J connectivity index is 1.66. The summed E-state index contributed by atoms with van der Waals surface area (Å²) in [4.78, 5) is 140. The molecule has 4 rings (SSSR count). The molecule has 72 heavy (non-hydrogen) atoms. The first-order chi connectivity index (χ1) is 34.2. The third-order valence-corrected chi connectivity index (χ3v) is 13.7. The summed E-state index contributed by atoms with van der Waals surface area (Å²) in [6, 6.07) is 4.41. The van der Waals surface area contributed by atoms with Crippen molar-refractivity contribution in [3.8, 4) is 5.75 Å². The lowest BCUT2D eigenvalue weighted by molar-refractivity contribution is -0.142. The maximum Gasteiger partial charge on any atom is 0.246 e. The predicted octanol–water partition coefficient (Wildman–Crippen LogP) is -4.23. The van der Waals surface area contributed by atoms with E-state index in [9.17, 15) is 58.2 Å². The van der Waals surface area contributed by atoms with E-state index in [1.807, 2.05) is 0 Å². The van der Waals surface area contributed by atoms with Crippen molar-refractivity contribution in [1.82, 2.24) is 42.1 Å². The number of nitrogens with two attached hydrogens (primary N) is 4. The number of aromatic hydroxyl groups is 1. The van der Waals surface area contributed by atoms with Crippen LogP contribution in [0.2, 0.25) is 0 Å². The van der Waals surface area contributed by atoms with Gasteiger partial charge in [0.05, 0.1) is 19.1 Å². The molecule has 2 aromatic carbocycles. The van der Waals surface area contributed by atoms with Gasteiger partial charge in [-0.25, -0.2) is 0 Å². The molecular weight excluding hydrogens is 979 g/mol. The number of likely N-dealkylation sites (tertiary alicyclic amines) is 1. The zero-order chi connectivity index (χ0) is 52.9. The number of carbonyl (C=O) groups is 10. The largest absolute Gasteiger partial charge is 0.508 e. The van der Waals surface area contributed by atoms with Crippen LogP contribution in [0.4, 0.5) is 0 Å². The van der Waals surface area contributed by atoms with Crippen molar-refractivity contribution in [2.24, 2.45) is 27.9 Å². The van der Waals surface area contributed by atoms with Crippen LogP contribution >= 0.6 is 21.6 Å². The molecule has 2 aliphatic heterocycles. The third kappa shape index (κ3) is 18.9. The number of nitrogens with zero attached hydrogens (tertiary/aromatic N) is 2. The van der Waals surface area contributed by atoms with E-state index in [2.05, 4.69) is 42.2 Å². The van der Waals surface area contributed by atoms with Crippen molar-refractivity contribution in [3.63, 3.8) is 0 Å². The standard InChI is InChI=1S/C45H63N13O12S2/c1-24(59)37-43(69)55-31(21-34(46)61)40(66)56-32(44(70)58-17-6-10-33(58)42(68)53-28(9-5-16-50-45(48)49)38(64)51-22-35(47)62)23-72-71-18-15-36(63)52-29(20-26-11-13-27(60)14-12-26)39(65)54-30(41(67)57-37)19-25-7-3-2-4-8-25/h2-4,7-8,11-14,24,28-33,37,59-60H,5-6,9-10,15-23H2,1H3,(H2,46,61)(H2,47,62)(H,51,64)(H,52,63)(H,53,68)(H,54,65)(H,55,69)(H,56,66)(H,57,67)(H4,48,49,50)/t24-,28-,29+,30+,31+,32+,33+,37+/m1/s1. The van der Waals surface area contributed by atoms with Crippen molar-refractivity contribution < 1.29 is 58.2 Å². The highest BCUT2D eigenvalue weighted by molar-refractivity contribution is 8.76. The molecule has 0 aliphatic carbocycles. The van der Waals surface area contributed by atoms with Gasteiger partial charge in [0, 0.05) is 43.9 Å². The van der Waals surface area contributed by atoms with Crippen LogP contribution in [0, 0.1) is 0 Å². The second-order valence-corrected chi connectivity index (χ2v) is 19.6. The fourth-order valence-corrected chi connectivity index (χ4v) is 9.75. The second-order valence-electron chi connectivity index (χ2n) is 17.0. The zero-order valence-corrected chi connectivity index (χ0v) is 41.1. The smallest absolute Gasteiger partial charge is 0.246 e. The number of aliphatic hydroxyl groups is 1. The normalized spacial score (nSPS) is 22.5. The Labute approximate surface area is 422 Å². The van der Waals surface area contributed by atoms with Crippen LogP contribution < -0.4 is 60.2 Å². The van der Waals surface area contributed by atoms with E-state index in [-0.39, 0.29) is 74.8 Å². The second kappa shape index (κ2) is 28.7. The van der Waals surface area contributed by atoms with Crippen LogP contribution in [0.3, 0.4) is 0 Å². The molecule has 17 N–H and O–H groups in total. The fourth-order valence-electron chi connectivity index (χ4n) is 7.60. The molecule has 2 aliphatic rings. The topological polar surface area (TPSA) is 415 Å². The maximum absolute atomic E-state index is 14.5. The molecule has 10 amide bonds. The summed E-state index contributed by atoms with van der Waals surface area (Å²) in [7, 11) is 2.20. The first-order valence-electron chi connectivity index (χ1n) is 23.0. The average Bonchev–Trinajstić information content (AvgIpc) is 3.83. The van der Waals surface area contributed by atoms with Gasteiger partial charge in [-0.15, -0.1) is 0 Å². The summed E-state index contributed by atoms with van der Waals surface area (Å²) in [5, 5.41) is 38.4. The number of aliphatic imine (C=N–C) groups is 1. The molecule has 27 heteroatoms. The minimum absolute atomic E-state index is 0.0193. The van der Waals surface area contributed by atoms with Gasteiger partial charge in [-0.1, -0.05) is 64.1 Å². The van der Waals surface area contributed by atoms with Gasteiger partial charge in [-0.2, -0.15) is 0 Å². The number of rotatable bonds is 17. The number of phenols is 1. The highest BCUT2D eigenvalue weighted by Crippen LogP contribution is 2.26. The summed E-state index contributed by atoms with van der Waals surface area (Å²) < 4.78 is 0. The number of hydrogen-bond donors (Lipinski definition) is 13. The van der Waals surface area contributed by atoms with Crippen molar-refractivity contribution in [1.29, 1.82) is 0 Å². The van der Waals surface area contributed by atoms with E-state index >= 15 is 0 Å². The molecule has 0 saturated carbocycles. The van der Waals surface area contributed by atoms with E-state index in [4.69, 9.17) is 22.9 Å². The van der Waals surface area contributed by atoms with E-state index < -0.39 is 120 Å². The first kappa shape index (κ1) is 57.4. The summed E-state index contributed by atoms with van der Waals surface area (Å²) in [6.07, 6.45) is -2.05. The van der Waals surface area contributed by atoms with Crippen LogP contribution in [0.25, 0.3) is 0 Å². The van der Waals surface area contributed by atoms with Crippen LogP contribution in [0.1, 0.15) is 56.6 Å². The minimum atomic E-state index is -1.80. The van der Waals surface area contributed by atoms with Crippen LogP contribution in [-0.2, 0) is 60.8 Å². The Kier molecular flexibility index (Phi) is 22.9. The Bertz CT molecular complexity index is 2290. The van der Waals surface area contributed by atoms with Crippen molar-refractivity contribution >= 4 is 86.6 Å². The number of hydrogen-bond acceptors (Lipinski definition) is 15. The average molecular weight is 1040 g/mol. The van der Waals surface area contributed by atoms with Gasteiger partial charge in [0.25, 0.3) is 0 Å². The first-order valence-corrected chi connectivity index (χ1v) is 25.5. The molecule has 0 spiro atoms. The van der Waals surface area contributed by atoms with Gasteiger partial charge in [0.15, 0.2) is 5.96 Å². The molecular formula is C45H63N13O12S2. The molecule has 0 bridgehead atoms. The molecule has 0 unspecified atom stereocenters. The van der Waals surface area contributed by atoms with E-state index in [0.717, 1.165) is 21.6 Å². The molecule has 392 valence electrons. The Morgan fingerprint density at radius 1 is 0.792 bits per heavy atom. The van der Waals surface area contributed by atoms with Crippen molar-refractivity contribution in [3.05, 3.63) is 65.7 Å².